The number of hydrogen-bond donors (Lipinski definition) is 1. The number of nitrogens with zero attached hydrogens (tertiary/aromatic N) is 3. The molecule has 0 aliphatic carbocycles. The molecule has 3 rings (SSSR count). The zero-order chi connectivity index (χ0) is 18.7. The molecule has 0 spiro atoms. The van der Waals surface area contributed by atoms with Gasteiger partial charge in [-0.2, -0.15) is 0 Å². The van der Waals surface area contributed by atoms with Gasteiger partial charge < -0.3 is 14.5 Å². The first-order valence-electron chi connectivity index (χ1n) is 8.14. The number of benzene rings is 1. The predicted octanol–water partition coefficient (Wildman–Crippen LogP) is 0.896. The van der Waals surface area contributed by atoms with Crippen LogP contribution in [0.4, 0.5) is 0 Å². The fourth-order valence-electron chi connectivity index (χ4n) is 2.50. The number of amides is 1. The Morgan fingerprint density at radius 3 is 2.62 bits per heavy atom. The molecule has 1 aliphatic rings. The number of ether oxygens (including phenoxy) is 1. The third kappa shape index (κ3) is 3.92. The second kappa shape index (κ2) is 7.52. The van der Waals surface area contributed by atoms with Crippen molar-refractivity contribution in [1.29, 1.82) is 0 Å². The Morgan fingerprint density at radius 2 is 2.00 bits per heavy atom. The summed E-state index contributed by atoms with van der Waals surface area (Å²) in [6.07, 6.45) is 1.93. The van der Waals surface area contributed by atoms with E-state index in [0.717, 1.165) is 17.1 Å². The maximum absolute atomic E-state index is 12.1. The van der Waals surface area contributed by atoms with Crippen LogP contribution in [0.1, 0.15) is 23.5 Å². The summed E-state index contributed by atoms with van der Waals surface area (Å²) in [5.41, 5.74) is 0.522. The van der Waals surface area contributed by atoms with Crippen molar-refractivity contribution in [3.8, 4) is 11.5 Å². The van der Waals surface area contributed by atoms with Crippen molar-refractivity contribution in [2.75, 3.05) is 27.2 Å². The van der Waals surface area contributed by atoms with Crippen molar-refractivity contribution in [1.82, 2.24) is 19.8 Å². The van der Waals surface area contributed by atoms with Gasteiger partial charge >= 0.3 is 11.8 Å². The van der Waals surface area contributed by atoms with E-state index in [4.69, 9.17) is 9.15 Å². The molecule has 0 radical (unpaired) electrons. The van der Waals surface area contributed by atoms with Gasteiger partial charge in [-0.15, -0.1) is 10.2 Å². The van der Waals surface area contributed by atoms with Crippen LogP contribution in [0.3, 0.4) is 0 Å². The van der Waals surface area contributed by atoms with Crippen LogP contribution < -0.4 is 5.32 Å². The summed E-state index contributed by atoms with van der Waals surface area (Å²) in [5.74, 6) is -0.477. The quantitative estimate of drug-likeness (QED) is 0.791. The lowest BCUT2D eigenvalue weighted by molar-refractivity contribution is 0.0830. The molecule has 10 heteroatoms. The van der Waals surface area contributed by atoms with Crippen LogP contribution in [-0.2, 0) is 14.8 Å². The van der Waals surface area contributed by atoms with Gasteiger partial charge in [0.25, 0.3) is 0 Å². The molecular formula is C16H20N4O5S. The molecule has 2 heterocycles. The van der Waals surface area contributed by atoms with E-state index in [0.29, 0.717) is 18.7 Å². The summed E-state index contributed by atoms with van der Waals surface area (Å²) in [6.45, 7) is 1.11. The molecule has 1 fully saturated rings. The lowest BCUT2D eigenvalue weighted by Gasteiger charge is -2.11. The molecule has 1 unspecified atom stereocenters. The molecule has 1 saturated heterocycles. The molecule has 1 aliphatic heterocycles. The standard InChI is InChI=1S/C16H20N4O5S/c1-20(2)26(22,23)13-7-5-11(6-8-13)15-18-19-16(25-15)14(21)17-10-12-4-3-9-24-12/h5-8,12H,3-4,9-10H2,1-2H3,(H,17,21). The number of aromatic nitrogens is 2. The molecule has 0 saturated carbocycles. The number of nitrogens with one attached hydrogen (secondary N) is 1. The highest BCUT2D eigenvalue weighted by atomic mass is 32.2. The Morgan fingerprint density at radius 1 is 1.27 bits per heavy atom. The zero-order valence-corrected chi connectivity index (χ0v) is 15.3. The molecule has 1 atom stereocenters. The Bertz CT molecular complexity index is 870. The average Bonchev–Trinajstić information content (AvgIpc) is 3.31. The molecular weight excluding hydrogens is 360 g/mol. The smallest absolute Gasteiger partial charge is 0.308 e. The zero-order valence-electron chi connectivity index (χ0n) is 14.5. The molecule has 1 amide bonds. The summed E-state index contributed by atoms with van der Waals surface area (Å²) >= 11 is 0. The van der Waals surface area contributed by atoms with Crippen molar-refractivity contribution >= 4 is 15.9 Å². The van der Waals surface area contributed by atoms with E-state index >= 15 is 0 Å². The molecule has 26 heavy (non-hydrogen) atoms. The molecule has 1 aromatic heterocycles. The van der Waals surface area contributed by atoms with Crippen LogP contribution in [0.2, 0.25) is 0 Å². The largest absolute Gasteiger partial charge is 0.412 e. The van der Waals surface area contributed by atoms with Crippen LogP contribution in [0.25, 0.3) is 11.5 Å². The van der Waals surface area contributed by atoms with Gasteiger partial charge in [-0.1, -0.05) is 0 Å². The SMILES string of the molecule is CN(C)S(=O)(=O)c1ccc(-c2nnc(C(=O)NCC3CCCO3)o2)cc1. The van der Waals surface area contributed by atoms with Gasteiger partial charge in [-0.25, -0.2) is 12.7 Å². The maximum atomic E-state index is 12.1. The average molecular weight is 380 g/mol. The number of hydrogen-bond acceptors (Lipinski definition) is 7. The number of carbonyl (C=O) groups is 1. The second-order valence-electron chi connectivity index (χ2n) is 6.07. The number of sulfonamides is 1. The third-order valence-corrected chi connectivity index (χ3v) is 5.84. The summed E-state index contributed by atoms with van der Waals surface area (Å²) in [7, 11) is -0.587. The van der Waals surface area contributed by atoms with E-state index in [1.54, 1.807) is 12.1 Å². The molecule has 9 nitrogen and oxygen atoms in total. The van der Waals surface area contributed by atoms with Crippen LogP contribution in [0.5, 0.6) is 0 Å². The monoisotopic (exact) mass is 380 g/mol. The Hall–Kier alpha value is -2.30. The minimum atomic E-state index is -3.51. The number of carbonyl (C=O) groups excluding carboxylic acids is 1. The number of rotatable bonds is 6. The minimum Gasteiger partial charge on any atom is -0.412 e. The highest BCUT2D eigenvalue weighted by Gasteiger charge is 2.21. The Balaban J connectivity index is 1.68. The lowest BCUT2D eigenvalue weighted by atomic mass is 10.2. The summed E-state index contributed by atoms with van der Waals surface area (Å²) < 4.78 is 36.1. The van der Waals surface area contributed by atoms with E-state index in [9.17, 15) is 13.2 Å². The molecule has 1 N–H and O–H groups in total. The van der Waals surface area contributed by atoms with Crippen molar-refractivity contribution in [3.63, 3.8) is 0 Å². The van der Waals surface area contributed by atoms with E-state index in [1.165, 1.54) is 26.2 Å². The third-order valence-electron chi connectivity index (χ3n) is 4.01. The fourth-order valence-corrected chi connectivity index (χ4v) is 3.40. The predicted molar refractivity (Wildman–Crippen MR) is 91.9 cm³/mol. The van der Waals surface area contributed by atoms with E-state index < -0.39 is 15.9 Å². The van der Waals surface area contributed by atoms with Crippen molar-refractivity contribution in [2.45, 2.75) is 23.8 Å². The van der Waals surface area contributed by atoms with Crippen LogP contribution >= 0.6 is 0 Å². The lowest BCUT2D eigenvalue weighted by Crippen LogP contribution is -2.31. The van der Waals surface area contributed by atoms with Gasteiger partial charge in [0, 0.05) is 32.8 Å². The van der Waals surface area contributed by atoms with E-state index in [1.807, 2.05) is 0 Å². The van der Waals surface area contributed by atoms with Gasteiger partial charge in [-0.05, 0) is 37.1 Å². The second-order valence-corrected chi connectivity index (χ2v) is 8.22. The van der Waals surface area contributed by atoms with Gasteiger partial charge in [0.1, 0.15) is 0 Å². The normalized spacial score (nSPS) is 17.6. The van der Waals surface area contributed by atoms with E-state index in [-0.39, 0.29) is 22.8 Å². The van der Waals surface area contributed by atoms with Crippen LogP contribution in [-0.4, -0.2) is 62.2 Å². The molecule has 2 aromatic rings. The first-order valence-corrected chi connectivity index (χ1v) is 9.58. The fraction of sp³-hybridized carbons (Fsp3) is 0.438. The van der Waals surface area contributed by atoms with Gasteiger partial charge in [-0.3, -0.25) is 4.79 Å². The van der Waals surface area contributed by atoms with Gasteiger partial charge in [0.05, 0.1) is 11.0 Å². The molecule has 140 valence electrons. The highest BCUT2D eigenvalue weighted by Crippen LogP contribution is 2.21. The first-order chi connectivity index (χ1) is 12.4. The first kappa shape index (κ1) is 18.5. The summed E-state index contributed by atoms with van der Waals surface area (Å²) in [5, 5.41) is 10.3. The van der Waals surface area contributed by atoms with Crippen molar-refractivity contribution in [2.24, 2.45) is 0 Å². The topological polar surface area (TPSA) is 115 Å². The van der Waals surface area contributed by atoms with Gasteiger partial charge in [0.2, 0.25) is 15.9 Å². The van der Waals surface area contributed by atoms with Crippen LogP contribution in [0, 0.1) is 0 Å². The van der Waals surface area contributed by atoms with Crippen LogP contribution in [0.15, 0.2) is 33.6 Å². The maximum Gasteiger partial charge on any atom is 0.308 e. The van der Waals surface area contributed by atoms with Crippen molar-refractivity contribution < 1.29 is 22.4 Å². The summed E-state index contributed by atoms with van der Waals surface area (Å²) in [6, 6.07) is 6.01. The Labute approximate surface area is 151 Å². The van der Waals surface area contributed by atoms with Gasteiger partial charge in [0.15, 0.2) is 0 Å². The van der Waals surface area contributed by atoms with Crippen molar-refractivity contribution in [3.05, 3.63) is 30.2 Å². The summed E-state index contributed by atoms with van der Waals surface area (Å²) in [4.78, 5) is 12.2. The minimum absolute atomic E-state index is 0.0209. The van der Waals surface area contributed by atoms with E-state index in [2.05, 4.69) is 15.5 Å². The molecule has 1 aromatic carbocycles. The molecule has 0 bridgehead atoms. The Kier molecular flexibility index (Phi) is 5.35. The highest BCUT2D eigenvalue weighted by molar-refractivity contribution is 7.89.